The standard InChI is InChI=1S/C12H12BrNS/c1-8-4-2-3-5-9(8)12(14)10-6-15-7-11(10)13/h2-7,12H,14H2,1H3. The fraction of sp³-hybridized carbons (Fsp3) is 0.167. The third-order valence-corrected chi connectivity index (χ3v) is 4.25. The van der Waals surface area contributed by atoms with Gasteiger partial charge >= 0.3 is 0 Å². The van der Waals surface area contributed by atoms with E-state index in [0.717, 1.165) is 10.0 Å². The number of thiophene rings is 1. The molecule has 0 radical (unpaired) electrons. The summed E-state index contributed by atoms with van der Waals surface area (Å²) in [7, 11) is 0. The fourth-order valence-corrected chi connectivity index (χ4v) is 3.20. The summed E-state index contributed by atoms with van der Waals surface area (Å²) in [6.45, 7) is 2.09. The van der Waals surface area contributed by atoms with E-state index in [2.05, 4.69) is 45.7 Å². The van der Waals surface area contributed by atoms with Gasteiger partial charge in [-0.3, -0.25) is 0 Å². The summed E-state index contributed by atoms with van der Waals surface area (Å²) in [5, 5.41) is 4.16. The van der Waals surface area contributed by atoms with Crippen molar-refractivity contribution in [1.82, 2.24) is 0 Å². The SMILES string of the molecule is Cc1ccccc1C(N)c1cscc1Br. The zero-order valence-corrected chi connectivity index (χ0v) is 10.8. The molecular weight excluding hydrogens is 270 g/mol. The quantitative estimate of drug-likeness (QED) is 0.889. The predicted octanol–water partition coefficient (Wildman–Crippen LogP) is 3.87. The van der Waals surface area contributed by atoms with Gasteiger partial charge in [-0.1, -0.05) is 24.3 Å². The van der Waals surface area contributed by atoms with Crippen molar-refractivity contribution in [3.63, 3.8) is 0 Å². The first-order valence-corrected chi connectivity index (χ1v) is 6.46. The van der Waals surface area contributed by atoms with Crippen LogP contribution in [0.2, 0.25) is 0 Å². The molecule has 0 saturated carbocycles. The first kappa shape index (κ1) is 10.9. The van der Waals surface area contributed by atoms with E-state index in [-0.39, 0.29) is 6.04 Å². The monoisotopic (exact) mass is 281 g/mol. The van der Waals surface area contributed by atoms with Crippen LogP contribution in [0.1, 0.15) is 22.7 Å². The average Bonchev–Trinajstić information content (AvgIpc) is 2.64. The molecule has 15 heavy (non-hydrogen) atoms. The van der Waals surface area contributed by atoms with Gasteiger partial charge in [0.25, 0.3) is 0 Å². The van der Waals surface area contributed by atoms with Gasteiger partial charge in [0.05, 0.1) is 6.04 Å². The van der Waals surface area contributed by atoms with Crippen molar-refractivity contribution in [3.8, 4) is 0 Å². The Bertz CT molecular complexity index is 464. The lowest BCUT2D eigenvalue weighted by atomic mass is 9.98. The molecule has 2 rings (SSSR count). The van der Waals surface area contributed by atoms with Crippen LogP contribution < -0.4 is 5.73 Å². The number of hydrogen-bond acceptors (Lipinski definition) is 2. The largest absolute Gasteiger partial charge is 0.320 e. The molecule has 0 spiro atoms. The van der Waals surface area contributed by atoms with Gasteiger partial charge in [-0.2, -0.15) is 11.3 Å². The molecule has 0 fully saturated rings. The van der Waals surface area contributed by atoms with Crippen molar-refractivity contribution in [2.75, 3.05) is 0 Å². The fourth-order valence-electron chi connectivity index (χ4n) is 1.62. The van der Waals surface area contributed by atoms with Crippen molar-refractivity contribution in [1.29, 1.82) is 0 Å². The van der Waals surface area contributed by atoms with E-state index in [9.17, 15) is 0 Å². The van der Waals surface area contributed by atoms with Crippen molar-refractivity contribution in [2.24, 2.45) is 5.73 Å². The number of aryl methyl sites for hydroxylation is 1. The molecule has 2 N–H and O–H groups in total. The lowest BCUT2D eigenvalue weighted by Gasteiger charge is -2.14. The van der Waals surface area contributed by atoms with Crippen LogP contribution in [-0.2, 0) is 0 Å². The Morgan fingerprint density at radius 1 is 1.20 bits per heavy atom. The predicted molar refractivity (Wildman–Crippen MR) is 69.2 cm³/mol. The zero-order valence-electron chi connectivity index (χ0n) is 8.41. The average molecular weight is 282 g/mol. The highest BCUT2D eigenvalue weighted by molar-refractivity contribution is 9.10. The molecule has 1 heterocycles. The molecule has 1 atom stereocenters. The Morgan fingerprint density at radius 2 is 1.93 bits per heavy atom. The van der Waals surface area contributed by atoms with E-state index in [1.807, 2.05) is 12.1 Å². The van der Waals surface area contributed by atoms with Gasteiger partial charge in [0.15, 0.2) is 0 Å². The number of benzene rings is 1. The molecule has 0 bridgehead atoms. The minimum absolute atomic E-state index is 0.0353. The number of rotatable bonds is 2. The maximum Gasteiger partial charge on any atom is 0.0573 e. The van der Waals surface area contributed by atoms with Crippen LogP contribution in [0.4, 0.5) is 0 Å². The van der Waals surface area contributed by atoms with Crippen molar-refractivity contribution in [2.45, 2.75) is 13.0 Å². The van der Waals surface area contributed by atoms with Gasteiger partial charge < -0.3 is 5.73 Å². The number of halogens is 1. The lowest BCUT2D eigenvalue weighted by molar-refractivity contribution is 0.862. The number of nitrogens with two attached hydrogens (primary N) is 1. The van der Waals surface area contributed by atoms with Crippen LogP contribution in [-0.4, -0.2) is 0 Å². The van der Waals surface area contributed by atoms with Gasteiger partial charge in [0.2, 0.25) is 0 Å². The molecule has 0 aliphatic carbocycles. The molecule has 3 heteroatoms. The summed E-state index contributed by atoms with van der Waals surface area (Å²) >= 11 is 5.19. The van der Waals surface area contributed by atoms with Gasteiger partial charge in [-0.15, -0.1) is 0 Å². The first-order valence-electron chi connectivity index (χ1n) is 4.73. The zero-order chi connectivity index (χ0) is 10.8. The second-order valence-electron chi connectivity index (χ2n) is 3.51. The molecule has 2 aromatic rings. The van der Waals surface area contributed by atoms with Crippen LogP contribution in [0.5, 0.6) is 0 Å². The van der Waals surface area contributed by atoms with Crippen LogP contribution in [0.3, 0.4) is 0 Å². The van der Waals surface area contributed by atoms with Crippen LogP contribution in [0.15, 0.2) is 39.5 Å². The molecule has 0 aliphatic rings. The van der Waals surface area contributed by atoms with Crippen molar-refractivity contribution < 1.29 is 0 Å². The van der Waals surface area contributed by atoms with E-state index in [0.29, 0.717) is 0 Å². The topological polar surface area (TPSA) is 26.0 Å². The van der Waals surface area contributed by atoms with E-state index < -0.39 is 0 Å². The van der Waals surface area contributed by atoms with E-state index in [1.54, 1.807) is 11.3 Å². The van der Waals surface area contributed by atoms with Crippen LogP contribution in [0.25, 0.3) is 0 Å². The maximum absolute atomic E-state index is 6.24. The molecule has 1 nitrogen and oxygen atoms in total. The van der Waals surface area contributed by atoms with E-state index in [4.69, 9.17) is 5.73 Å². The van der Waals surface area contributed by atoms with E-state index in [1.165, 1.54) is 11.1 Å². The van der Waals surface area contributed by atoms with Gasteiger partial charge in [0, 0.05) is 9.85 Å². The molecule has 1 aromatic carbocycles. The molecule has 1 unspecified atom stereocenters. The van der Waals surface area contributed by atoms with Crippen LogP contribution >= 0.6 is 27.3 Å². The van der Waals surface area contributed by atoms with Crippen LogP contribution in [0, 0.1) is 6.92 Å². The highest BCUT2D eigenvalue weighted by atomic mass is 79.9. The summed E-state index contributed by atoms with van der Waals surface area (Å²) in [5.41, 5.74) is 9.83. The normalized spacial score (nSPS) is 12.7. The minimum atomic E-state index is -0.0353. The molecule has 0 aliphatic heterocycles. The third-order valence-electron chi connectivity index (χ3n) is 2.50. The first-order chi connectivity index (χ1) is 7.20. The smallest absolute Gasteiger partial charge is 0.0573 e. The summed E-state index contributed by atoms with van der Waals surface area (Å²) < 4.78 is 1.10. The summed E-state index contributed by atoms with van der Waals surface area (Å²) in [5.74, 6) is 0. The maximum atomic E-state index is 6.24. The van der Waals surface area contributed by atoms with Gasteiger partial charge in [-0.25, -0.2) is 0 Å². The third kappa shape index (κ3) is 2.14. The van der Waals surface area contributed by atoms with Gasteiger partial charge in [-0.05, 0) is 44.9 Å². The van der Waals surface area contributed by atoms with Crippen molar-refractivity contribution >= 4 is 27.3 Å². The second kappa shape index (κ2) is 4.47. The Morgan fingerprint density at radius 3 is 2.53 bits per heavy atom. The molecule has 0 amide bonds. The summed E-state index contributed by atoms with van der Waals surface area (Å²) in [4.78, 5) is 0. The summed E-state index contributed by atoms with van der Waals surface area (Å²) in [6, 6.07) is 8.21. The Balaban J connectivity index is 2.41. The van der Waals surface area contributed by atoms with Crippen molar-refractivity contribution in [3.05, 3.63) is 56.2 Å². The summed E-state index contributed by atoms with van der Waals surface area (Å²) in [6.07, 6.45) is 0. The molecular formula is C12H12BrNS. The Kier molecular flexibility index (Phi) is 3.24. The number of hydrogen-bond donors (Lipinski definition) is 1. The Hall–Kier alpha value is -0.640. The lowest BCUT2D eigenvalue weighted by Crippen LogP contribution is -2.12. The Labute approximate surface area is 102 Å². The highest BCUT2D eigenvalue weighted by Gasteiger charge is 2.14. The van der Waals surface area contributed by atoms with Gasteiger partial charge in [0.1, 0.15) is 0 Å². The molecule has 0 saturated heterocycles. The molecule has 1 aromatic heterocycles. The van der Waals surface area contributed by atoms with E-state index >= 15 is 0 Å². The highest BCUT2D eigenvalue weighted by Crippen LogP contribution is 2.31. The minimum Gasteiger partial charge on any atom is -0.320 e. The second-order valence-corrected chi connectivity index (χ2v) is 5.11. The molecule has 78 valence electrons.